The van der Waals surface area contributed by atoms with Crippen molar-refractivity contribution in [3.05, 3.63) is 83.7 Å². The van der Waals surface area contributed by atoms with E-state index in [1.54, 1.807) is 0 Å². The van der Waals surface area contributed by atoms with Gasteiger partial charge in [0.15, 0.2) is 0 Å². The van der Waals surface area contributed by atoms with Gasteiger partial charge in [-0.2, -0.15) is 0 Å². The van der Waals surface area contributed by atoms with E-state index in [9.17, 15) is 4.79 Å². The van der Waals surface area contributed by atoms with E-state index in [1.165, 1.54) is 12.5 Å². The maximum Gasteiger partial charge on any atom is 0.243 e. The second-order valence-corrected chi connectivity index (χ2v) is 6.57. The van der Waals surface area contributed by atoms with Crippen LogP contribution in [0.1, 0.15) is 12.5 Å². The van der Waals surface area contributed by atoms with Gasteiger partial charge in [0, 0.05) is 29.8 Å². The smallest absolute Gasteiger partial charge is 0.243 e. The van der Waals surface area contributed by atoms with E-state index in [1.807, 2.05) is 24.3 Å². The number of anilines is 1. The number of para-hydroxylation sites is 1. The van der Waals surface area contributed by atoms with Gasteiger partial charge in [-0.3, -0.25) is 4.79 Å². The number of hydrogen-bond acceptors (Lipinski definition) is 2. The molecule has 3 aromatic carbocycles. The quantitative estimate of drug-likeness (QED) is 0.569. The number of carbonyl (C=O) groups is 1. The van der Waals surface area contributed by atoms with Crippen molar-refractivity contribution < 1.29 is 4.79 Å². The number of fused-ring (bicyclic) bond motifs is 3. The van der Waals surface area contributed by atoms with E-state index in [4.69, 9.17) is 0 Å². The molecule has 4 aromatic rings. The lowest BCUT2D eigenvalue weighted by Gasteiger charge is -2.08. The van der Waals surface area contributed by atoms with E-state index < -0.39 is 0 Å². The summed E-state index contributed by atoms with van der Waals surface area (Å²) in [5.74, 6) is -0.200. The largest absolute Gasteiger partial charge is 0.383 e. The number of amides is 1. The maximum atomic E-state index is 11.3. The van der Waals surface area contributed by atoms with Gasteiger partial charge in [0.1, 0.15) is 0 Å². The summed E-state index contributed by atoms with van der Waals surface area (Å²) in [5, 5.41) is 6.46. The number of rotatable bonds is 4. The lowest BCUT2D eigenvalue weighted by atomic mass is 10.1. The molecule has 1 aromatic heterocycles. The van der Waals surface area contributed by atoms with Crippen molar-refractivity contribution in [3.63, 3.8) is 0 Å². The first-order chi connectivity index (χ1) is 13.2. The summed E-state index contributed by atoms with van der Waals surface area (Å²) in [7, 11) is 0. The Kier molecular flexibility index (Phi) is 4.71. The minimum Gasteiger partial charge on any atom is -0.383 e. The summed E-state index contributed by atoms with van der Waals surface area (Å²) < 4.78 is 0. The summed E-state index contributed by atoms with van der Waals surface area (Å²) in [6, 6.07) is 24.5. The van der Waals surface area contributed by atoms with E-state index in [0.29, 0.717) is 5.36 Å². The molecule has 0 unspecified atom stereocenters. The zero-order valence-corrected chi connectivity index (χ0v) is 15.2. The highest BCUT2D eigenvalue weighted by Gasteiger charge is 2.07. The van der Waals surface area contributed by atoms with Crippen LogP contribution in [0.3, 0.4) is 0 Å². The van der Waals surface area contributed by atoms with Gasteiger partial charge < -0.3 is 10.3 Å². The molecule has 0 atom stereocenters. The van der Waals surface area contributed by atoms with Crippen LogP contribution in [0, 0.1) is 0 Å². The van der Waals surface area contributed by atoms with Crippen LogP contribution in [0.2, 0.25) is 0 Å². The topological polar surface area (TPSA) is 57.2 Å². The van der Waals surface area contributed by atoms with Gasteiger partial charge in [-0.1, -0.05) is 54.6 Å². The predicted octanol–water partition coefficient (Wildman–Crippen LogP) is 4.42. The van der Waals surface area contributed by atoms with Crippen molar-refractivity contribution in [2.75, 3.05) is 11.9 Å². The van der Waals surface area contributed by atoms with Gasteiger partial charge in [-0.05, 0) is 30.2 Å². The minimum atomic E-state index is -0.200. The van der Waals surface area contributed by atoms with E-state index in [-0.39, 0.29) is 5.91 Å². The molecule has 0 saturated heterocycles. The Morgan fingerprint density at radius 1 is 0.963 bits per heavy atom. The molecule has 134 valence electrons. The number of hydrogen-bond donors (Lipinski definition) is 2. The summed E-state index contributed by atoms with van der Waals surface area (Å²) in [6.45, 7) is 2.32. The molecule has 0 radical (unpaired) electrons. The molecule has 0 spiro atoms. The second-order valence-electron chi connectivity index (χ2n) is 6.57. The molecule has 4 heteroatoms. The maximum absolute atomic E-state index is 11.3. The Morgan fingerprint density at radius 3 is 2.56 bits per heavy atom. The first-order valence-corrected chi connectivity index (χ1v) is 9.08. The van der Waals surface area contributed by atoms with Gasteiger partial charge in [0.2, 0.25) is 5.91 Å². The molecular formula is C23H21N3O. The van der Waals surface area contributed by atoms with Crippen molar-refractivity contribution in [1.29, 1.82) is 0 Å². The van der Waals surface area contributed by atoms with Crippen molar-refractivity contribution in [3.8, 4) is 0 Å². The standard InChI is InChI=1S/C23H21N3O/c1-16(27)25-18-9-5-10-19-20-11-6-12-21(23(20)26-22(19)15-18)24-14-13-17-7-3-2-4-8-17/h2-12,15,24,26H,13-14H2,1H3. The Labute approximate surface area is 157 Å². The van der Waals surface area contributed by atoms with Gasteiger partial charge in [0.05, 0.1) is 16.6 Å². The minimum absolute atomic E-state index is 0.200. The molecule has 4 rings (SSSR count). The zero-order chi connectivity index (χ0) is 18.6. The average molecular weight is 355 g/mol. The van der Waals surface area contributed by atoms with Crippen LogP contribution in [0.4, 0.5) is 5.69 Å². The Morgan fingerprint density at radius 2 is 1.74 bits per heavy atom. The first-order valence-electron chi connectivity index (χ1n) is 9.08. The molecule has 2 N–H and O–H groups in total. The van der Waals surface area contributed by atoms with E-state index in [0.717, 1.165) is 40.5 Å². The van der Waals surface area contributed by atoms with E-state index in [2.05, 4.69) is 63.8 Å². The highest BCUT2D eigenvalue weighted by Crippen LogP contribution is 2.29. The molecule has 0 bridgehead atoms. The van der Waals surface area contributed by atoms with Crippen molar-refractivity contribution >= 4 is 33.4 Å². The monoisotopic (exact) mass is 355 g/mol. The van der Waals surface area contributed by atoms with Crippen LogP contribution >= 0.6 is 0 Å². The third kappa shape index (κ3) is 3.75. The predicted molar refractivity (Wildman–Crippen MR) is 111 cm³/mol. The summed E-state index contributed by atoms with van der Waals surface area (Å²) in [5.41, 5.74) is 4.43. The number of aromatic nitrogens is 1. The van der Waals surface area contributed by atoms with Crippen LogP contribution in [0.5, 0.6) is 0 Å². The third-order valence-corrected chi connectivity index (χ3v) is 4.59. The zero-order valence-electron chi connectivity index (χ0n) is 15.2. The molecule has 27 heavy (non-hydrogen) atoms. The highest BCUT2D eigenvalue weighted by atomic mass is 16.1. The fraction of sp³-hybridized carbons (Fsp3) is 0.130. The van der Waals surface area contributed by atoms with Crippen LogP contribution in [0.25, 0.3) is 21.8 Å². The van der Waals surface area contributed by atoms with Gasteiger partial charge in [-0.15, -0.1) is 0 Å². The van der Waals surface area contributed by atoms with Crippen molar-refractivity contribution in [2.24, 2.45) is 4.99 Å². The molecular weight excluding hydrogens is 334 g/mol. The number of benzene rings is 2. The lowest BCUT2D eigenvalue weighted by molar-refractivity contribution is -0.116. The Balaban J connectivity index is 1.70. The fourth-order valence-electron chi connectivity index (χ4n) is 3.38. The average Bonchev–Trinajstić information content (AvgIpc) is 2.88. The SMILES string of the molecule is CC(=O)N=c1cccc2c(c1)[nH]c1c(NCCc3ccccc3)cccc12. The fourth-order valence-corrected chi connectivity index (χ4v) is 3.38. The van der Waals surface area contributed by atoms with Crippen LogP contribution in [-0.2, 0) is 11.2 Å². The number of aromatic amines is 1. The second kappa shape index (κ2) is 7.46. The van der Waals surface area contributed by atoms with Crippen molar-refractivity contribution in [2.45, 2.75) is 13.3 Å². The summed E-state index contributed by atoms with van der Waals surface area (Å²) in [6.07, 6.45) is 0.966. The van der Waals surface area contributed by atoms with E-state index >= 15 is 0 Å². The Bertz CT molecular complexity index is 1180. The summed E-state index contributed by atoms with van der Waals surface area (Å²) in [4.78, 5) is 18.9. The van der Waals surface area contributed by atoms with Gasteiger partial charge in [0.25, 0.3) is 0 Å². The number of H-pyrrole nitrogens is 1. The molecule has 1 heterocycles. The lowest BCUT2D eigenvalue weighted by Crippen LogP contribution is -2.05. The number of carbonyl (C=O) groups excluding carboxylic acids is 1. The van der Waals surface area contributed by atoms with Crippen LogP contribution in [-0.4, -0.2) is 17.4 Å². The van der Waals surface area contributed by atoms with Crippen molar-refractivity contribution in [1.82, 2.24) is 4.98 Å². The first kappa shape index (κ1) is 17.0. The molecule has 0 saturated carbocycles. The molecule has 0 aliphatic heterocycles. The number of nitrogens with one attached hydrogen (secondary N) is 2. The Hall–Kier alpha value is -3.40. The molecule has 1 amide bonds. The van der Waals surface area contributed by atoms with Gasteiger partial charge in [-0.25, -0.2) is 4.99 Å². The summed E-state index contributed by atoms with van der Waals surface area (Å²) >= 11 is 0. The molecule has 0 aliphatic rings. The molecule has 0 aliphatic carbocycles. The third-order valence-electron chi connectivity index (χ3n) is 4.59. The van der Waals surface area contributed by atoms with Gasteiger partial charge >= 0.3 is 0 Å². The molecule has 0 fully saturated rings. The normalized spacial score (nSPS) is 11.8. The molecule has 4 nitrogen and oxygen atoms in total. The van der Waals surface area contributed by atoms with Crippen LogP contribution < -0.4 is 10.7 Å². The number of nitrogens with zero attached hydrogens (tertiary/aromatic N) is 1. The highest BCUT2D eigenvalue weighted by molar-refractivity contribution is 6.10. The van der Waals surface area contributed by atoms with Crippen LogP contribution in [0.15, 0.2) is 77.8 Å².